The molecule has 1 aromatic carbocycles. The Morgan fingerprint density at radius 3 is 2.75 bits per heavy atom. The monoisotopic (exact) mass is 231 g/mol. The number of rotatable bonds is 3. The summed E-state index contributed by atoms with van der Waals surface area (Å²) >= 11 is 1.94. The van der Waals surface area contributed by atoms with Crippen LogP contribution in [0.2, 0.25) is 0 Å². The molecule has 0 bridgehead atoms. The van der Waals surface area contributed by atoms with Gasteiger partial charge in [-0.15, -0.1) is 11.3 Å². The third-order valence-electron chi connectivity index (χ3n) is 3.67. The van der Waals surface area contributed by atoms with Gasteiger partial charge in [-0.3, -0.25) is 0 Å². The normalized spacial score (nSPS) is 17.9. The molecule has 0 spiro atoms. The average Bonchev–Trinajstić information content (AvgIpc) is 2.94. The number of thiophene rings is 1. The van der Waals surface area contributed by atoms with Gasteiger partial charge < -0.3 is 5.32 Å². The van der Waals surface area contributed by atoms with Crippen molar-refractivity contribution >= 4 is 21.4 Å². The number of hydrogen-bond donors (Lipinski definition) is 1. The predicted molar refractivity (Wildman–Crippen MR) is 71.4 cm³/mol. The first-order valence-electron chi connectivity index (χ1n) is 5.90. The number of likely N-dealkylation sites (N-methyl/N-ethyl adjacent to an activating group) is 1. The zero-order valence-electron chi connectivity index (χ0n) is 9.84. The van der Waals surface area contributed by atoms with Crippen LogP contribution in [-0.4, -0.2) is 13.6 Å². The van der Waals surface area contributed by atoms with E-state index in [1.54, 1.807) is 5.56 Å². The van der Waals surface area contributed by atoms with Crippen molar-refractivity contribution in [3.05, 3.63) is 34.7 Å². The van der Waals surface area contributed by atoms with Crippen LogP contribution >= 0.6 is 11.3 Å². The van der Waals surface area contributed by atoms with E-state index < -0.39 is 0 Å². The molecule has 0 atom stereocenters. The van der Waals surface area contributed by atoms with Gasteiger partial charge in [0.2, 0.25) is 0 Å². The maximum Gasteiger partial charge on any atom is 0.0348 e. The lowest BCUT2D eigenvalue weighted by atomic mass is 9.93. The van der Waals surface area contributed by atoms with Crippen LogP contribution in [0.15, 0.2) is 24.3 Å². The molecule has 2 heteroatoms. The molecule has 0 amide bonds. The first-order chi connectivity index (χ1) is 7.77. The predicted octanol–water partition coefficient (Wildman–Crippen LogP) is 3.46. The molecule has 1 aliphatic rings. The zero-order chi connectivity index (χ0) is 11.2. The highest BCUT2D eigenvalue weighted by atomic mass is 32.1. The second-order valence-corrected chi connectivity index (χ2v) is 6.10. The van der Waals surface area contributed by atoms with Gasteiger partial charge in [-0.25, -0.2) is 0 Å². The Labute approximate surface area is 100 Å². The molecule has 1 N–H and O–H groups in total. The molecule has 1 heterocycles. The number of nitrogens with one attached hydrogen (secondary N) is 1. The molecule has 2 aromatic rings. The maximum atomic E-state index is 3.36. The molecule has 16 heavy (non-hydrogen) atoms. The third-order valence-corrected chi connectivity index (χ3v) is 4.76. The Bertz CT molecular complexity index is 523. The number of benzene rings is 1. The minimum absolute atomic E-state index is 0.443. The van der Waals surface area contributed by atoms with Crippen molar-refractivity contribution < 1.29 is 0 Å². The van der Waals surface area contributed by atoms with Crippen LogP contribution in [0.4, 0.5) is 0 Å². The van der Waals surface area contributed by atoms with E-state index in [0.29, 0.717) is 5.41 Å². The Morgan fingerprint density at radius 1 is 1.31 bits per heavy atom. The van der Waals surface area contributed by atoms with Gasteiger partial charge in [0.05, 0.1) is 0 Å². The molecule has 1 nitrogen and oxygen atoms in total. The summed E-state index contributed by atoms with van der Waals surface area (Å²) in [5.41, 5.74) is 2.06. The quantitative estimate of drug-likeness (QED) is 0.853. The van der Waals surface area contributed by atoms with E-state index in [-0.39, 0.29) is 0 Å². The number of aryl methyl sites for hydroxylation is 1. The van der Waals surface area contributed by atoms with Gasteiger partial charge in [-0.1, -0.05) is 18.2 Å². The van der Waals surface area contributed by atoms with Crippen molar-refractivity contribution in [3.8, 4) is 0 Å². The van der Waals surface area contributed by atoms with Gasteiger partial charge in [0, 0.05) is 21.5 Å². The molecular formula is C14H17NS. The first-order valence-corrected chi connectivity index (χ1v) is 6.72. The largest absolute Gasteiger partial charge is 0.319 e. The van der Waals surface area contributed by atoms with E-state index in [1.165, 1.54) is 27.8 Å². The summed E-state index contributed by atoms with van der Waals surface area (Å²) in [6.45, 7) is 3.39. The van der Waals surface area contributed by atoms with Crippen LogP contribution in [0.5, 0.6) is 0 Å². The highest BCUT2D eigenvalue weighted by Gasteiger charge is 2.45. The van der Waals surface area contributed by atoms with Gasteiger partial charge in [0.25, 0.3) is 0 Å². The molecule has 1 saturated carbocycles. The second-order valence-electron chi connectivity index (χ2n) is 4.84. The summed E-state index contributed by atoms with van der Waals surface area (Å²) in [6.07, 6.45) is 2.69. The maximum absolute atomic E-state index is 3.36. The lowest BCUT2D eigenvalue weighted by Gasteiger charge is -2.15. The van der Waals surface area contributed by atoms with Gasteiger partial charge in [0.1, 0.15) is 0 Å². The fraction of sp³-hybridized carbons (Fsp3) is 0.429. The highest BCUT2D eigenvalue weighted by molar-refractivity contribution is 7.19. The summed E-state index contributed by atoms with van der Waals surface area (Å²) in [5.74, 6) is 0. The average molecular weight is 231 g/mol. The minimum Gasteiger partial charge on any atom is -0.319 e. The van der Waals surface area contributed by atoms with Gasteiger partial charge in [0.15, 0.2) is 0 Å². The van der Waals surface area contributed by atoms with Crippen molar-refractivity contribution in [2.24, 2.45) is 0 Å². The Hall–Kier alpha value is -0.860. The Kier molecular flexibility index (Phi) is 2.30. The van der Waals surface area contributed by atoms with Crippen LogP contribution in [-0.2, 0) is 5.41 Å². The molecule has 1 aliphatic carbocycles. The summed E-state index contributed by atoms with van der Waals surface area (Å²) in [4.78, 5) is 1.51. The fourth-order valence-electron chi connectivity index (χ4n) is 2.83. The molecule has 0 radical (unpaired) electrons. The smallest absolute Gasteiger partial charge is 0.0348 e. The zero-order valence-corrected chi connectivity index (χ0v) is 10.7. The molecule has 0 unspecified atom stereocenters. The lowest BCUT2D eigenvalue weighted by molar-refractivity contribution is 0.627. The lowest BCUT2D eigenvalue weighted by Crippen LogP contribution is -2.23. The van der Waals surface area contributed by atoms with E-state index >= 15 is 0 Å². The van der Waals surface area contributed by atoms with Crippen molar-refractivity contribution in [1.29, 1.82) is 0 Å². The summed E-state index contributed by atoms with van der Waals surface area (Å²) in [7, 11) is 2.06. The minimum atomic E-state index is 0.443. The van der Waals surface area contributed by atoms with Crippen LogP contribution < -0.4 is 5.32 Å². The molecule has 1 aromatic heterocycles. The second kappa shape index (κ2) is 3.57. The number of hydrogen-bond acceptors (Lipinski definition) is 2. The van der Waals surface area contributed by atoms with Crippen LogP contribution in [0.1, 0.15) is 23.3 Å². The van der Waals surface area contributed by atoms with Crippen LogP contribution in [0, 0.1) is 6.92 Å². The van der Waals surface area contributed by atoms with Crippen LogP contribution in [0.3, 0.4) is 0 Å². The molecule has 84 valence electrons. The van der Waals surface area contributed by atoms with E-state index in [2.05, 4.69) is 43.6 Å². The first kappa shape index (κ1) is 10.3. The summed E-state index contributed by atoms with van der Waals surface area (Å²) in [6, 6.07) is 8.82. The topological polar surface area (TPSA) is 12.0 Å². The molecule has 0 saturated heterocycles. The Balaban J connectivity index is 2.19. The van der Waals surface area contributed by atoms with E-state index in [1.807, 2.05) is 11.3 Å². The Morgan fingerprint density at radius 2 is 2.06 bits per heavy atom. The van der Waals surface area contributed by atoms with E-state index in [4.69, 9.17) is 0 Å². The standard InChI is InChI=1S/C14H17NS/c1-10-13(14(7-8-14)9-15-2)11-5-3-4-6-12(11)16-10/h3-6,15H,7-9H2,1-2H3. The summed E-state index contributed by atoms with van der Waals surface area (Å²) < 4.78 is 1.44. The fourth-order valence-corrected chi connectivity index (χ4v) is 4.02. The van der Waals surface area contributed by atoms with Gasteiger partial charge in [-0.05, 0) is 43.8 Å². The van der Waals surface area contributed by atoms with Crippen LogP contribution in [0.25, 0.3) is 10.1 Å². The summed E-state index contributed by atoms with van der Waals surface area (Å²) in [5, 5.41) is 4.84. The molecular weight excluding hydrogens is 214 g/mol. The van der Waals surface area contributed by atoms with Crippen molar-refractivity contribution in [2.75, 3.05) is 13.6 Å². The molecule has 1 fully saturated rings. The number of fused-ring (bicyclic) bond motifs is 1. The van der Waals surface area contributed by atoms with Gasteiger partial charge >= 0.3 is 0 Å². The van der Waals surface area contributed by atoms with E-state index in [0.717, 1.165) is 6.54 Å². The van der Waals surface area contributed by atoms with Crippen molar-refractivity contribution in [1.82, 2.24) is 5.32 Å². The van der Waals surface area contributed by atoms with Gasteiger partial charge in [-0.2, -0.15) is 0 Å². The third kappa shape index (κ3) is 1.40. The molecule has 3 rings (SSSR count). The van der Waals surface area contributed by atoms with E-state index in [9.17, 15) is 0 Å². The van der Waals surface area contributed by atoms with Crippen molar-refractivity contribution in [2.45, 2.75) is 25.2 Å². The van der Waals surface area contributed by atoms with Crippen molar-refractivity contribution in [3.63, 3.8) is 0 Å². The molecule has 0 aliphatic heterocycles. The SMILES string of the molecule is CNCC1(c2c(C)sc3ccccc23)CC1. The highest BCUT2D eigenvalue weighted by Crippen LogP contribution is 2.53.